The molecule has 0 spiro atoms. The first-order chi connectivity index (χ1) is 9.99. The van der Waals surface area contributed by atoms with Crippen molar-refractivity contribution < 1.29 is 24.6 Å². The summed E-state index contributed by atoms with van der Waals surface area (Å²) in [6, 6.07) is 0. The Bertz CT molecular complexity index is 687. The molecular weight excluding hydrogens is 342 g/mol. The highest BCUT2D eigenvalue weighted by Gasteiger charge is 2.84. The highest BCUT2D eigenvalue weighted by molar-refractivity contribution is 6.34. The fraction of sp³-hybridized carbons (Fsp3) is 0.250. The molecule has 0 fully saturated rings. The van der Waals surface area contributed by atoms with E-state index in [2.05, 4.69) is 5.10 Å². The van der Waals surface area contributed by atoms with E-state index < -0.39 is 51.9 Å². The van der Waals surface area contributed by atoms with Crippen LogP contribution in [-0.2, 0) is 5.91 Å². The standard InChI is InChI=1S/C4ClN7O10/c5-1-2(8(13)14)6-7(3(1)9(15)16)4(10(17)18,11(19)20)12(21)22. The van der Waals surface area contributed by atoms with Gasteiger partial charge in [-0.2, -0.15) is 0 Å². The summed E-state index contributed by atoms with van der Waals surface area (Å²) >= 11 is 5.21. The van der Waals surface area contributed by atoms with E-state index in [1.807, 2.05) is 0 Å². The van der Waals surface area contributed by atoms with Crippen LogP contribution in [0.1, 0.15) is 0 Å². The van der Waals surface area contributed by atoms with Gasteiger partial charge in [0.05, 0.1) is 0 Å². The van der Waals surface area contributed by atoms with Crippen LogP contribution in [0.4, 0.5) is 11.6 Å². The molecule has 22 heavy (non-hydrogen) atoms. The summed E-state index contributed by atoms with van der Waals surface area (Å²) in [5.41, 5.74) is 0. The molecule has 1 heterocycles. The Morgan fingerprint density at radius 3 is 1.55 bits per heavy atom. The van der Waals surface area contributed by atoms with Gasteiger partial charge in [0.25, 0.3) is 0 Å². The zero-order valence-corrected chi connectivity index (χ0v) is 10.3. The van der Waals surface area contributed by atoms with E-state index in [4.69, 9.17) is 11.6 Å². The number of hydrogen-bond donors (Lipinski definition) is 0. The summed E-state index contributed by atoms with van der Waals surface area (Å²) in [6.07, 6.45) is 0. The summed E-state index contributed by atoms with van der Waals surface area (Å²) in [5, 5.41) is 54.9. The second-order valence-electron chi connectivity index (χ2n) is 3.26. The summed E-state index contributed by atoms with van der Waals surface area (Å²) in [4.78, 5) is 44.3. The lowest BCUT2D eigenvalue weighted by Crippen LogP contribution is -2.55. The van der Waals surface area contributed by atoms with Crippen LogP contribution in [0.2, 0.25) is 5.02 Å². The minimum atomic E-state index is -4.60. The van der Waals surface area contributed by atoms with Crippen molar-refractivity contribution in [2.45, 2.75) is 5.91 Å². The van der Waals surface area contributed by atoms with Gasteiger partial charge < -0.3 is 20.2 Å². The van der Waals surface area contributed by atoms with E-state index in [0.29, 0.717) is 0 Å². The van der Waals surface area contributed by atoms with Crippen LogP contribution >= 0.6 is 11.6 Å². The molecule has 0 saturated heterocycles. The lowest BCUT2D eigenvalue weighted by Gasteiger charge is -2.02. The predicted octanol–water partition coefficient (Wildman–Crippen LogP) is -0.249. The van der Waals surface area contributed by atoms with Crippen molar-refractivity contribution in [1.29, 1.82) is 0 Å². The maximum Gasteiger partial charge on any atom is 0.898 e. The first-order valence-electron chi connectivity index (χ1n) is 4.50. The largest absolute Gasteiger partial charge is 0.898 e. The number of halogens is 1. The molecule has 0 aliphatic heterocycles. The van der Waals surface area contributed by atoms with Crippen molar-refractivity contribution in [3.05, 3.63) is 55.6 Å². The molecule has 0 aliphatic carbocycles. The number of rotatable bonds is 6. The molecule has 1 aromatic heterocycles. The molecule has 0 aromatic carbocycles. The van der Waals surface area contributed by atoms with E-state index >= 15 is 0 Å². The van der Waals surface area contributed by atoms with Crippen LogP contribution in [-0.4, -0.2) is 34.4 Å². The quantitative estimate of drug-likeness (QED) is 0.371. The minimum absolute atomic E-state index is 0.937. The molecule has 0 atom stereocenters. The zero-order valence-electron chi connectivity index (χ0n) is 9.59. The number of nitrogens with zero attached hydrogens (tertiary/aromatic N) is 7. The third-order valence-corrected chi connectivity index (χ3v) is 2.49. The second kappa shape index (κ2) is 5.12. The SMILES string of the molecule is O=[N+]([O-])c1nn(C([N+](=O)[O-])([N+](=O)[O-])[N+](=O)[O-])c([N+](=O)[O-])c1Cl. The van der Waals surface area contributed by atoms with Crippen LogP contribution in [0.25, 0.3) is 0 Å². The van der Waals surface area contributed by atoms with Gasteiger partial charge in [-0.3, -0.25) is 0 Å². The molecule has 0 saturated carbocycles. The number of aromatic nitrogens is 2. The van der Waals surface area contributed by atoms with Crippen molar-refractivity contribution >= 4 is 23.2 Å². The molecule has 1 aromatic rings. The lowest BCUT2D eigenvalue weighted by atomic mass is 10.5. The second-order valence-corrected chi connectivity index (χ2v) is 3.64. The van der Waals surface area contributed by atoms with Crippen LogP contribution in [0.3, 0.4) is 0 Å². The van der Waals surface area contributed by atoms with E-state index in [9.17, 15) is 50.6 Å². The smallest absolute Gasteiger partial charge is 0.358 e. The maximum atomic E-state index is 10.8. The normalized spacial score (nSPS) is 11.0. The van der Waals surface area contributed by atoms with E-state index in [1.165, 1.54) is 0 Å². The Morgan fingerprint density at radius 1 is 0.864 bits per heavy atom. The van der Waals surface area contributed by atoms with Gasteiger partial charge in [-0.25, -0.2) is 30.3 Å². The van der Waals surface area contributed by atoms with Crippen molar-refractivity contribution in [3.63, 3.8) is 0 Å². The first-order valence-corrected chi connectivity index (χ1v) is 4.88. The van der Waals surface area contributed by atoms with Gasteiger partial charge in [0, 0.05) is 0 Å². The lowest BCUT2D eigenvalue weighted by molar-refractivity contribution is -1.01. The molecular formula is C4ClN7O10. The van der Waals surface area contributed by atoms with Crippen molar-refractivity contribution in [2.24, 2.45) is 0 Å². The van der Waals surface area contributed by atoms with Crippen LogP contribution < -0.4 is 0 Å². The van der Waals surface area contributed by atoms with Gasteiger partial charge in [0.1, 0.15) is 0 Å². The predicted molar refractivity (Wildman–Crippen MR) is 59.5 cm³/mol. The minimum Gasteiger partial charge on any atom is -0.358 e. The molecule has 1 rings (SSSR count). The Labute approximate surface area is 120 Å². The Hall–Kier alpha value is -3.50. The molecule has 0 bridgehead atoms. The van der Waals surface area contributed by atoms with Gasteiger partial charge in [0.15, 0.2) is 9.78 Å². The highest BCUT2D eigenvalue weighted by atomic mass is 35.5. The van der Waals surface area contributed by atoms with Gasteiger partial charge in [-0.05, 0) is 9.85 Å². The Kier molecular flexibility index (Phi) is 3.85. The molecule has 17 nitrogen and oxygen atoms in total. The van der Waals surface area contributed by atoms with Gasteiger partial charge >= 0.3 is 17.5 Å². The average Bonchev–Trinajstić information content (AvgIpc) is 2.66. The summed E-state index contributed by atoms with van der Waals surface area (Å²) in [7, 11) is 0. The Morgan fingerprint density at radius 2 is 1.27 bits per heavy atom. The number of nitro groups is 5. The molecule has 0 amide bonds. The van der Waals surface area contributed by atoms with E-state index in [-0.39, 0.29) is 0 Å². The highest BCUT2D eigenvalue weighted by Crippen LogP contribution is 2.37. The topological polar surface area (TPSA) is 234 Å². The molecule has 0 N–H and O–H groups in total. The Balaban J connectivity index is 4.00. The first kappa shape index (κ1) is 16.6. The fourth-order valence-electron chi connectivity index (χ4n) is 1.29. The fourth-order valence-corrected chi connectivity index (χ4v) is 1.55. The molecule has 0 aliphatic rings. The van der Waals surface area contributed by atoms with Crippen LogP contribution in [0, 0.1) is 50.6 Å². The summed E-state index contributed by atoms with van der Waals surface area (Å²) < 4.78 is -0.937. The van der Waals surface area contributed by atoms with Crippen molar-refractivity contribution in [1.82, 2.24) is 9.78 Å². The van der Waals surface area contributed by atoms with Crippen LogP contribution in [0.5, 0.6) is 0 Å². The summed E-state index contributed by atoms with van der Waals surface area (Å²) in [5.74, 6) is -8.04. The van der Waals surface area contributed by atoms with E-state index in [1.54, 1.807) is 0 Å². The van der Waals surface area contributed by atoms with Gasteiger partial charge in [-0.1, -0.05) is 11.6 Å². The monoisotopic (exact) mass is 341 g/mol. The van der Waals surface area contributed by atoms with E-state index in [0.717, 1.165) is 0 Å². The molecule has 118 valence electrons. The zero-order chi connectivity index (χ0) is 17.4. The molecule has 18 heteroatoms. The summed E-state index contributed by atoms with van der Waals surface area (Å²) in [6.45, 7) is 0. The van der Waals surface area contributed by atoms with Crippen molar-refractivity contribution in [3.8, 4) is 0 Å². The average molecular weight is 342 g/mol. The molecule has 0 radical (unpaired) electrons. The van der Waals surface area contributed by atoms with Gasteiger partial charge in [0.2, 0.25) is 19.8 Å². The van der Waals surface area contributed by atoms with Crippen molar-refractivity contribution in [2.75, 3.05) is 0 Å². The van der Waals surface area contributed by atoms with Crippen LogP contribution in [0.15, 0.2) is 0 Å². The maximum absolute atomic E-state index is 10.8. The van der Waals surface area contributed by atoms with Gasteiger partial charge in [-0.15, -0.1) is 0 Å². The molecule has 0 unspecified atom stereocenters. The number of hydrogen-bond acceptors (Lipinski definition) is 11. The third kappa shape index (κ3) is 2.00. The third-order valence-electron chi connectivity index (χ3n) is 2.15.